The van der Waals surface area contributed by atoms with Crippen LogP contribution in [0.25, 0.3) is 11.2 Å². The van der Waals surface area contributed by atoms with Gasteiger partial charge in [-0.25, -0.2) is 9.37 Å². The van der Waals surface area contributed by atoms with Crippen LogP contribution in [0.4, 0.5) is 23.4 Å². The quantitative estimate of drug-likeness (QED) is 0.487. The first-order chi connectivity index (χ1) is 16.3. The molecule has 0 amide bonds. The standard InChI is InChI=1S/C21H18F4N4O5/c22-9-2-1-3-13-15(9)11(5-31-13)26-18-8(21(23,24)25)4-10-19(28-18)29-20(27-10)34-14-7-33-16-12(30)6-32-17(14)16/h1-4,11-12,14,16-17,30H,5-7H2,(H2,26,27,28,29)/t11-,12+,14+,16+,17+/m0/s1. The lowest BCUT2D eigenvalue weighted by molar-refractivity contribution is -0.137. The van der Waals surface area contributed by atoms with E-state index in [1.165, 1.54) is 12.1 Å². The molecule has 3 N–H and O–H groups in total. The van der Waals surface area contributed by atoms with Crippen LogP contribution in [-0.4, -0.2) is 64.3 Å². The summed E-state index contributed by atoms with van der Waals surface area (Å²) in [5, 5.41) is 12.5. The molecule has 2 aromatic heterocycles. The molecule has 5 heterocycles. The summed E-state index contributed by atoms with van der Waals surface area (Å²) in [5.74, 6) is -0.831. The number of aromatic nitrogens is 3. The van der Waals surface area contributed by atoms with Crippen LogP contribution in [0.1, 0.15) is 17.2 Å². The van der Waals surface area contributed by atoms with Crippen LogP contribution in [0.2, 0.25) is 0 Å². The molecule has 0 aliphatic carbocycles. The summed E-state index contributed by atoms with van der Waals surface area (Å²) in [6, 6.07) is 4.16. The first-order valence-corrected chi connectivity index (χ1v) is 10.5. The second-order valence-electron chi connectivity index (χ2n) is 8.27. The molecule has 1 aromatic carbocycles. The number of alkyl halides is 3. The Labute approximate surface area is 189 Å². The maximum absolute atomic E-state index is 14.3. The smallest absolute Gasteiger partial charge is 0.420 e. The second-order valence-corrected chi connectivity index (χ2v) is 8.27. The number of nitrogens with zero attached hydrogens (tertiary/aromatic N) is 2. The van der Waals surface area contributed by atoms with E-state index in [9.17, 15) is 22.7 Å². The van der Waals surface area contributed by atoms with Crippen molar-refractivity contribution in [1.82, 2.24) is 15.0 Å². The maximum Gasteiger partial charge on any atom is 0.420 e. The first kappa shape index (κ1) is 21.4. The van der Waals surface area contributed by atoms with Crippen LogP contribution in [0.5, 0.6) is 11.8 Å². The van der Waals surface area contributed by atoms with Gasteiger partial charge in [-0.3, -0.25) is 0 Å². The second kappa shape index (κ2) is 7.68. The first-order valence-electron chi connectivity index (χ1n) is 10.5. The Morgan fingerprint density at radius 3 is 2.76 bits per heavy atom. The van der Waals surface area contributed by atoms with E-state index in [4.69, 9.17) is 18.9 Å². The number of halogens is 4. The van der Waals surface area contributed by atoms with Crippen molar-refractivity contribution in [2.45, 2.75) is 36.6 Å². The van der Waals surface area contributed by atoms with Gasteiger partial charge in [0.15, 0.2) is 11.8 Å². The van der Waals surface area contributed by atoms with Crippen molar-refractivity contribution < 1.29 is 41.6 Å². The van der Waals surface area contributed by atoms with Crippen molar-refractivity contribution in [2.24, 2.45) is 0 Å². The number of hydrogen-bond acceptors (Lipinski definition) is 8. The average Bonchev–Trinajstić information content (AvgIpc) is 3.54. The minimum atomic E-state index is -4.74. The molecule has 0 unspecified atom stereocenters. The summed E-state index contributed by atoms with van der Waals surface area (Å²) in [4.78, 5) is 10.9. The van der Waals surface area contributed by atoms with Crippen LogP contribution in [0.3, 0.4) is 0 Å². The third-order valence-electron chi connectivity index (χ3n) is 6.08. The van der Waals surface area contributed by atoms with Gasteiger partial charge in [-0.2, -0.15) is 18.2 Å². The van der Waals surface area contributed by atoms with E-state index in [0.29, 0.717) is 0 Å². The molecule has 34 heavy (non-hydrogen) atoms. The highest BCUT2D eigenvalue weighted by atomic mass is 19.4. The van der Waals surface area contributed by atoms with Gasteiger partial charge >= 0.3 is 6.18 Å². The van der Waals surface area contributed by atoms with Crippen molar-refractivity contribution in [3.8, 4) is 11.8 Å². The van der Waals surface area contributed by atoms with Crippen molar-refractivity contribution >= 4 is 17.0 Å². The van der Waals surface area contributed by atoms with Gasteiger partial charge in [-0.1, -0.05) is 6.07 Å². The molecule has 5 atom stereocenters. The van der Waals surface area contributed by atoms with E-state index in [1.807, 2.05) is 0 Å². The summed E-state index contributed by atoms with van der Waals surface area (Å²) >= 11 is 0. The molecule has 3 aromatic rings. The molecule has 0 spiro atoms. The van der Waals surface area contributed by atoms with Crippen molar-refractivity contribution in [3.05, 3.63) is 41.2 Å². The molecule has 9 nitrogen and oxygen atoms in total. The molecule has 2 fully saturated rings. The summed E-state index contributed by atoms with van der Waals surface area (Å²) in [7, 11) is 0. The number of ether oxygens (including phenoxy) is 4. The van der Waals surface area contributed by atoms with Gasteiger partial charge in [0.2, 0.25) is 0 Å². The zero-order valence-corrected chi connectivity index (χ0v) is 17.3. The summed E-state index contributed by atoms with van der Waals surface area (Å²) in [6.45, 7) is 0.178. The van der Waals surface area contributed by atoms with E-state index in [0.717, 1.165) is 6.07 Å². The van der Waals surface area contributed by atoms with E-state index in [1.54, 1.807) is 6.07 Å². The van der Waals surface area contributed by atoms with Gasteiger partial charge in [-0.15, -0.1) is 0 Å². The zero-order chi connectivity index (χ0) is 23.6. The van der Waals surface area contributed by atoms with Crippen LogP contribution in [0.15, 0.2) is 24.3 Å². The molecule has 180 valence electrons. The highest BCUT2D eigenvalue weighted by molar-refractivity contribution is 5.76. The van der Waals surface area contributed by atoms with Crippen molar-refractivity contribution in [3.63, 3.8) is 0 Å². The molecule has 0 radical (unpaired) electrons. The Bertz CT molecular complexity index is 1250. The average molecular weight is 482 g/mol. The van der Waals surface area contributed by atoms with E-state index >= 15 is 0 Å². The Kier molecular flexibility index (Phi) is 4.83. The largest absolute Gasteiger partial charge is 0.491 e. The minimum Gasteiger partial charge on any atom is -0.491 e. The number of aliphatic hydroxyl groups excluding tert-OH is 1. The van der Waals surface area contributed by atoms with Gasteiger partial charge in [0.05, 0.1) is 30.3 Å². The van der Waals surface area contributed by atoms with Crippen LogP contribution < -0.4 is 14.8 Å². The van der Waals surface area contributed by atoms with Gasteiger partial charge in [0.25, 0.3) is 6.01 Å². The number of H-pyrrole nitrogens is 1. The fraction of sp³-hybridized carbons (Fsp3) is 0.429. The van der Waals surface area contributed by atoms with Crippen molar-refractivity contribution in [2.75, 3.05) is 25.1 Å². The van der Waals surface area contributed by atoms with E-state index < -0.39 is 53.8 Å². The molecule has 0 bridgehead atoms. The number of aliphatic hydroxyl groups is 1. The fourth-order valence-corrected chi connectivity index (χ4v) is 4.51. The topological polar surface area (TPSA) is 111 Å². The molecular formula is C21H18F4N4O5. The Hall–Kier alpha value is -3.16. The fourth-order valence-electron chi connectivity index (χ4n) is 4.51. The predicted octanol–water partition coefficient (Wildman–Crippen LogP) is 2.57. The van der Waals surface area contributed by atoms with E-state index in [2.05, 4.69) is 20.3 Å². The number of nitrogens with one attached hydrogen (secondary N) is 2. The lowest BCUT2D eigenvalue weighted by atomic mass is 10.1. The van der Waals surface area contributed by atoms with Crippen LogP contribution >= 0.6 is 0 Å². The van der Waals surface area contributed by atoms with Crippen LogP contribution in [0, 0.1) is 5.82 Å². The summed E-state index contributed by atoms with van der Waals surface area (Å²) in [6.07, 6.45) is -7.16. The van der Waals surface area contributed by atoms with Crippen LogP contribution in [-0.2, 0) is 15.7 Å². The van der Waals surface area contributed by atoms with Gasteiger partial charge in [0.1, 0.15) is 47.9 Å². The Morgan fingerprint density at radius 1 is 1.12 bits per heavy atom. The molecule has 3 aliphatic heterocycles. The lowest BCUT2D eigenvalue weighted by Crippen LogP contribution is -2.34. The van der Waals surface area contributed by atoms with Gasteiger partial charge in [-0.05, 0) is 18.2 Å². The highest BCUT2D eigenvalue weighted by Crippen LogP contribution is 2.40. The maximum atomic E-state index is 14.3. The Balaban J connectivity index is 1.31. The molecule has 6 rings (SSSR count). The van der Waals surface area contributed by atoms with E-state index in [-0.39, 0.29) is 48.3 Å². The third-order valence-corrected chi connectivity index (χ3v) is 6.08. The number of hydrogen-bond donors (Lipinski definition) is 3. The predicted molar refractivity (Wildman–Crippen MR) is 107 cm³/mol. The zero-order valence-electron chi connectivity index (χ0n) is 17.3. The summed E-state index contributed by atoms with van der Waals surface area (Å²) < 4.78 is 77.9. The number of imidazole rings is 1. The lowest BCUT2D eigenvalue weighted by Gasteiger charge is -2.17. The monoisotopic (exact) mass is 482 g/mol. The molecule has 3 aliphatic rings. The van der Waals surface area contributed by atoms with Gasteiger partial charge in [0, 0.05) is 0 Å². The number of aromatic amines is 1. The number of benzene rings is 1. The SMILES string of the molecule is O[C@@H]1CO[C@H]2[C@@H]1OC[C@H]2Oc1nc2nc(N[C@H]3COc4cccc(F)c43)c(C(F)(F)F)cc2[nH]1. The number of rotatable bonds is 4. The van der Waals surface area contributed by atoms with Gasteiger partial charge < -0.3 is 34.4 Å². The molecular weight excluding hydrogens is 464 g/mol. The molecule has 2 saturated heterocycles. The highest BCUT2D eigenvalue weighted by Gasteiger charge is 2.48. The minimum absolute atomic E-state index is 0.00460. The molecule has 0 saturated carbocycles. The number of pyridine rings is 1. The number of anilines is 1. The molecule has 13 heteroatoms. The summed E-state index contributed by atoms with van der Waals surface area (Å²) in [5.41, 5.74) is -0.935. The number of fused-ring (bicyclic) bond motifs is 3. The third kappa shape index (κ3) is 3.51. The normalized spacial score (nSPS) is 28.1. The van der Waals surface area contributed by atoms with Crippen molar-refractivity contribution in [1.29, 1.82) is 0 Å². The Morgan fingerprint density at radius 2 is 1.94 bits per heavy atom.